The van der Waals surface area contributed by atoms with E-state index < -0.39 is 23.7 Å². The molecule has 1 aromatic rings. The van der Waals surface area contributed by atoms with Crippen molar-refractivity contribution in [3.8, 4) is 0 Å². The van der Waals surface area contributed by atoms with Gasteiger partial charge in [-0.3, -0.25) is 4.79 Å². The second kappa shape index (κ2) is 8.22. The highest BCUT2D eigenvalue weighted by atomic mass is 16.6. The van der Waals surface area contributed by atoms with Gasteiger partial charge in [0.1, 0.15) is 5.60 Å². The van der Waals surface area contributed by atoms with E-state index in [1.54, 1.807) is 20.8 Å². The first-order chi connectivity index (χ1) is 10.3. The first-order valence-corrected chi connectivity index (χ1v) is 7.19. The molecule has 0 spiro atoms. The number of aliphatic carboxylic acids is 1. The number of carboxylic acid groups (broad SMARTS) is 1. The average molecular weight is 305 g/mol. The first kappa shape index (κ1) is 17.8. The van der Waals surface area contributed by atoms with Gasteiger partial charge in [-0.15, -0.1) is 0 Å². The molecule has 1 aromatic carbocycles. The number of alkyl carbamates (subject to hydrolysis) is 1. The number of carbonyl (C=O) groups is 2. The number of ether oxygens (including phenoxy) is 1. The second-order valence-corrected chi connectivity index (χ2v) is 5.99. The number of amides is 1. The van der Waals surface area contributed by atoms with Crippen LogP contribution in [0.1, 0.15) is 39.2 Å². The zero-order valence-corrected chi connectivity index (χ0v) is 13.2. The van der Waals surface area contributed by atoms with E-state index in [4.69, 9.17) is 9.84 Å². The second-order valence-electron chi connectivity index (χ2n) is 5.99. The lowest BCUT2D eigenvalue weighted by Gasteiger charge is -2.22. The summed E-state index contributed by atoms with van der Waals surface area (Å²) in [5.41, 5.74) is 0.409. The predicted octanol–water partition coefficient (Wildman–Crippen LogP) is 3.46. The van der Waals surface area contributed by atoms with Crippen molar-refractivity contribution in [3.63, 3.8) is 0 Å². The molecule has 0 aliphatic rings. The minimum absolute atomic E-state index is 0.154. The summed E-state index contributed by atoms with van der Waals surface area (Å²) in [7, 11) is 0. The van der Waals surface area contributed by atoms with Crippen molar-refractivity contribution < 1.29 is 19.4 Å². The molecule has 0 radical (unpaired) electrons. The van der Waals surface area contributed by atoms with E-state index in [-0.39, 0.29) is 6.42 Å². The zero-order chi connectivity index (χ0) is 16.6. The van der Waals surface area contributed by atoms with Crippen molar-refractivity contribution in [3.05, 3.63) is 42.0 Å². The summed E-state index contributed by atoms with van der Waals surface area (Å²) in [4.78, 5) is 22.6. The minimum Gasteiger partial charge on any atom is -0.481 e. The molecule has 0 aliphatic carbocycles. The van der Waals surface area contributed by atoms with Gasteiger partial charge >= 0.3 is 12.1 Å². The monoisotopic (exact) mass is 305 g/mol. The molecule has 0 heterocycles. The maximum absolute atomic E-state index is 11.7. The number of carbonyl (C=O) groups excluding carboxylic acids is 1. The summed E-state index contributed by atoms with van der Waals surface area (Å²) in [6.07, 6.45) is 3.40. The van der Waals surface area contributed by atoms with Crippen LogP contribution in [-0.4, -0.2) is 28.8 Å². The lowest BCUT2D eigenvalue weighted by atomic mass is 10.1. The Kier molecular flexibility index (Phi) is 6.63. The fraction of sp³-hybridized carbons (Fsp3) is 0.412. The van der Waals surface area contributed by atoms with Crippen molar-refractivity contribution in [1.82, 2.24) is 5.32 Å². The smallest absolute Gasteiger partial charge is 0.407 e. The Bertz CT molecular complexity index is 517. The van der Waals surface area contributed by atoms with E-state index >= 15 is 0 Å². The van der Waals surface area contributed by atoms with Crippen molar-refractivity contribution in [2.45, 2.75) is 45.3 Å². The number of nitrogens with one attached hydrogen (secondary N) is 1. The molecule has 0 saturated carbocycles. The molecular weight excluding hydrogens is 282 g/mol. The van der Waals surface area contributed by atoms with Crippen LogP contribution in [0.3, 0.4) is 0 Å². The van der Waals surface area contributed by atoms with Crippen LogP contribution >= 0.6 is 0 Å². The highest BCUT2D eigenvalue weighted by Crippen LogP contribution is 2.09. The summed E-state index contributed by atoms with van der Waals surface area (Å²) in [5.74, 6) is -0.964. The van der Waals surface area contributed by atoms with Gasteiger partial charge in [-0.05, 0) is 32.8 Å². The molecule has 22 heavy (non-hydrogen) atoms. The number of hydrogen-bond acceptors (Lipinski definition) is 3. The van der Waals surface area contributed by atoms with Gasteiger partial charge in [-0.1, -0.05) is 42.5 Å². The fourth-order valence-electron chi connectivity index (χ4n) is 1.81. The quantitative estimate of drug-likeness (QED) is 0.844. The highest BCUT2D eigenvalue weighted by molar-refractivity contribution is 5.71. The van der Waals surface area contributed by atoms with Crippen LogP contribution in [0.4, 0.5) is 4.79 Å². The van der Waals surface area contributed by atoms with E-state index in [1.807, 2.05) is 42.5 Å². The topological polar surface area (TPSA) is 75.6 Å². The van der Waals surface area contributed by atoms with Crippen LogP contribution in [0.5, 0.6) is 0 Å². The Morgan fingerprint density at radius 3 is 2.45 bits per heavy atom. The lowest BCUT2D eigenvalue weighted by Crippen LogP contribution is -2.40. The minimum atomic E-state index is -0.964. The van der Waals surface area contributed by atoms with Crippen molar-refractivity contribution in [2.24, 2.45) is 0 Å². The van der Waals surface area contributed by atoms with Gasteiger partial charge in [0.25, 0.3) is 0 Å². The Balaban J connectivity index is 2.59. The normalized spacial score (nSPS) is 12.9. The molecule has 5 heteroatoms. The summed E-state index contributed by atoms with van der Waals surface area (Å²) in [6, 6.07) is 9.16. The molecule has 1 atom stereocenters. The molecule has 1 amide bonds. The summed E-state index contributed by atoms with van der Waals surface area (Å²) in [6.45, 7) is 5.27. The van der Waals surface area contributed by atoms with E-state index in [1.165, 1.54) is 0 Å². The van der Waals surface area contributed by atoms with E-state index in [9.17, 15) is 9.59 Å². The number of carboxylic acids is 1. The summed E-state index contributed by atoms with van der Waals surface area (Å²) >= 11 is 0. The zero-order valence-electron chi connectivity index (χ0n) is 13.2. The van der Waals surface area contributed by atoms with Gasteiger partial charge in [0, 0.05) is 6.04 Å². The Hall–Kier alpha value is -2.30. The summed E-state index contributed by atoms with van der Waals surface area (Å²) < 4.78 is 5.15. The summed E-state index contributed by atoms with van der Waals surface area (Å²) in [5, 5.41) is 11.5. The predicted molar refractivity (Wildman–Crippen MR) is 85.5 cm³/mol. The Morgan fingerprint density at radius 2 is 1.91 bits per heavy atom. The number of hydrogen-bond donors (Lipinski definition) is 2. The molecule has 5 nitrogen and oxygen atoms in total. The molecule has 0 unspecified atom stereocenters. The third-order valence-electron chi connectivity index (χ3n) is 2.67. The molecule has 0 aliphatic heterocycles. The van der Waals surface area contributed by atoms with Gasteiger partial charge < -0.3 is 15.2 Å². The van der Waals surface area contributed by atoms with Crippen molar-refractivity contribution in [2.75, 3.05) is 0 Å². The van der Waals surface area contributed by atoms with Gasteiger partial charge in [-0.25, -0.2) is 4.79 Å². The van der Waals surface area contributed by atoms with Gasteiger partial charge in [0.15, 0.2) is 0 Å². The molecule has 0 aromatic heterocycles. The third kappa shape index (κ3) is 8.09. The van der Waals surface area contributed by atoms with Crippen LogP contribution in [0, 0.1) is 0 Å². The van der Waals surface area contributed by atoms with Crippen LogP contribution in [0.25, 0.3) is 6.08 Å². The number of benzene rings is 1. The van der Waals surface area contributed by atoms with Gasteiger partial charge in [-0.2, -0.15) is 0 Å². The van der Waals surface area contributed by atoms with Crippen LogP contribution in [0.15, 0.2) is 36.4 Å². The molecular formula is C17H23NO4. The maximum Gasteiger partial charge on any atom is 0.407 e. The molecule has 0 bridgehead atoms. The Morgan fingerprint density at radius 1 is 1.27 bits per heavy atom. The molecule has 1 rings (SSSR count). The average Bonchev–Trinajstić information content (AvgIpc) is 2.36. The fourth-order valence-corrected chi connectivity index (χ4v) is 1.81. The van der Waals surface area contributed by atoms with Gasteiger partial charge in [0.2, 0.25) is 0 Å². The van der Waals surface area contributed by atoms with Crippen LogP contribution in [-0.2, 0) is 9.53 Å². The van der Waals surface area contributed by atoms with Crippen molar-refractivity contribution in [1.29, 1.82) is 0 Å². The molecule has 0 fully saturated rings. The maximum atomic E-state index is 11.7. The highest BCUT2D eigenvalue weighted by Gasteiger charge is 2.20. The molecule has 0 saturated heterocycles. The SMILES string of the molecule is CC(C)(C)OC(=O)N[C@@H](C/C=C/c1ccccc1)CC(=O)O. The first-order valence-electron chi connectivity index (χ1n) is 7.19. The largest absolute Gasteiger partial charge is 0.481 e. The van der Waals surface area contributed by atoms with Crippen LogP contribution in [0.2, 0.25) is 0 Å². The standard InChI is InChI=1S/C17H23NO4/c1-17(2,3)22-16(21)18-14(12-15(19)20)11-7-10-13-8-5-4-6-9-13/h4-10,14H,11-12H2,1-3H3,(H,18,21)(H,19,20)/b10-7+/t14-/m0/s1. The van der Waals surface area contributed by atoms with E-state index in [2.05, 4.69) is 5.32 Å². The van der Waals surface area contributed by atoms with Gasteiger partial charge in [0.05, 0.1) is 6.42 Å². The van der Waals surface area contributed by atoms with E-state index in [0.29, 0.717) is 6.42 Å². The third-order valence-corrected chi connectivity index (χ3v) is 2.67. The van der Waals surface area contributed by atoms with E-state index in [0.717, 1.165) is 5.56 Å². The van der Waals surface area contributed by atoms with Crippen LogP contribution < -0.4 is 5.32 Å². The molecule has 2 N–H and O–H groups in total. The van der Waals surface area contributed by atoms with Crippen molar-refractivity contribution >= 4 is 18.1 Å². The Labute approximate surface area is 131 Å². The molecule has 120 valence electrons. The lowest BCUT2D eigenvalue weighted by molar-refractivity contribution is -0.137. The number of rotatable bonds is 6.